The summed E-state index contributed by atoms with van der Waals surface area (Å²) in [6.07, 6.45) is 4.22. The summed E-state index contributed by atoms with van der Waals surface area (Å²) in [7, 11) is 0. The van der Waals surface area contributed by atoms with Crippen LogP contribution in [-0.2, 0) is 12.8 Å². The molecule has 0 aromatic heterocycles. The van der Waals surface area contributed by atoms with Crippen molar-refractivity contribution in [2.45, 2.75) is 38.6 Å². The normalized spacial score (nSPS) is 21.7. The lowest BCUT2D eigenvalue weighted by molar-refractivity contribution is 0.401. The van der Waals surface area contributed by atoms with E-state index in [1.807, 2.05) is 13.0 Å². The lowest BCUT2D eigenvalue weighted by atomic mass is 9.85. The molecule has 0 aliphatic heterocycles. The number of fused-ring (bicyclic) bond motifs is 1. The molecular formula is C19H22FN. The molecule has 2 N–H and O–H groups in total. The average molecular weight is 283 g/mol. The molecular weight excluding hydrogens is 261 g/mol. The summed E-state index contributed by atoms with van der Waals surface area (Å²) < 4.78 is 13.5. The quantitative estimate of drug-likeness (QED) is 0.816. The van der Waals surface area contributed by atoms with Gasteiger partial charge in [0.05, 0.1) is 0 Å². The fraction of sp³-hybridized carbons (Fsp3) is 0.368. The van der Waals surface area contributed by atoms with Crippen LogP contribution in [-0.4, -0.2) is 0 Å². The van der Waals surface area contributed by atoms with Gasteiger partial charge in [-0.3, -0.25) is 0 Å². The van der Waals surface area contributed by atoms with Crippen molar-refractivity contribution in [3.63, 3.8) is 0 Å². The van der Waals surface area contributed by atoms with Gasteiger partial charge in [0.25, 0.3) is 0 Å². The molecule has 2 unspecified atom stereocenters. The average Bonchev–Trinajstić information content (AvgIpc) is 2.64. The second kappa shape index (κ2) is 5.98. The van der Waals surface area contributed by atoms with E-state index < -0.39 is 0 Å². The summed E-state index contributed by atoms with van der Waals surface area (Å²) in [6.45, 7) is 2.05. The van der Waals surface area contributed by atoms with Gasteiger partial charge in [0, 0.05) is 6.04 Å². The van der Waals surface area contributed by atoms with E-state index in [0.717, 1.165) is 36.8 Å². The number of aryl methyl sites for hydroxylation is 2. The summed E-state index contributed by atoms with van der Waals surface area (Å²) in [4.78, 5) is 0. The molecule has 110 valence electrons. The molecule has 0 heterocycles. The lowest BCUT2D eigenvalue weighted by Gasteiger charge is -2.24. The van der Waals surface area contributed by atoms with Crippen molar-refractivity contribution in [1.82, 2.24) is 0 Å². The molecule has 2 atom stereocenters. The molecule has 21 heavy (non-hydrogen) atoms. The number of hydrogen-bond acceptors (Lipinski definition) is 1. The van der Waals surface area contributed by atoms with Crippen LogP contribution in [0.25, 0.3) is 0 Å². The van der Waals surface area contributed by atoms with Gasteiger partial charge in [0.1, 0.15) is 5.82 Å². The van der Waals surface area contributed by atoms with Gasteiger partial charge in [0.2, 0.25) is 0 Å². The van der Waals surface area contributed by atoms with Gasteiger partial charge < -0.3 is 5.73 Å². The van der Waals surface area contributed by atoms with Crippen LogP contribution in [0.1, 0.15) is 41.1 Å². The van der Waals surface area contributed by atoms with Crippen LogP contribution in [0, 0.1) is 18.7 Å². The Kier molecular flexibility index (Phi) is 4.07. The first kappa shape index (κ1) is 14.3. The van der Waals surface area contributed by atoms with E-state index in [-0.39, 0.29) is 11.9 Å². The number of nitrogens with two attached hydrogens (primary N) is 1. The highest BCUT2D eigenvalue weighted by Gasteiger charge is 2.25. The highest BCUT2D eigenvalue weighted by atomic mass is 19.1. The number of hydrogen-bond donors (Lipinski definition) is 1. The molecule has 1 aliphatic carbocycles. The van der Waals surface area contributed by atoms with Crippen molar-refractivity contribution in [3.05, 3.63) is 70.5 Å². The van der Waals surface area contributed by atoms with E-state index in [2.05, 4.69) is 24.3 Å². The predicted octanol–water partition coefficient (Wildman–Crippen LogP) is 4.33. The Labute approximate surface area is 126 Å². The van der Waals surface area contributed by atoms with Crippen molar-refractivity contribution >= 4 is 0 Å². The molecule has 0 spiro atoms. The second-order valence-electron chi connectivity index (χ2n) is 6.15. The molecule has 0 amide bonds. The third kappa shape index (κ3) is 3.01. The summed E-state index contributed by atoms with van der Waals surface area (Å²) in [5.41, 5.74) is 11.4. The third-order valence-electron chi connectivity index (χ3n) is 4.74. The fourth-order valence-corrected chi connectivity index (χ4v) is 3.45. The van der Waals surface area contributed by atoms with Crippen LogP contribution in [0.2, 0.25) is 0 Å². The van der Waals surface area contributed by atoms with E-state index >= 15 is 0 Å². The van der Waals surface area contributed by atoms with Crippen LogP contribution in [0.4, 0.5) is 4.39 Å². The van der Waals surface area contributed by atoms with Gasteiger partial charge in [-0.15, -0.1) is 0 Å². The van der Waals surface area contributed by atoms with Crippen molar-refractivity contribution in [1.29, 1.82) is 0 Å². The van der Waals surface area contributed by atoms with Gasteiger partial charge >= 0.3 is 0 Å². The molecule has 2 heteroatoms. The van der Waals surface area contributed by atoms with E-state index in [1.165, 1.54) is 17.2 Å². The van der Waals surface area contributed by atoms with E-state index in [0.29, 0.717) is 5.92 Å². The Morgan fingerprint density at radius 1 is 1.19 bits per heavy atom. The Morgan fingerprint density at radius 3 is 2.86 bits per heavy atom. The first-order chi connectivity index (χ1) is 10.1. The molecule has 0 saturated heterocycles. The van der Waals surface area contributed by atoms with Gasteiger partial charge in [-0.05, 0) is 72.9 Å². The largest absolute Gasteiger partial charge is 0.324 e. The van der Waals surface area contributed by atoms with Gasteiger partial charge in [0.15, 0.2) is 0 Å². The number of halogens is 1. The number of benzene rings is 2. The van der Waals surface area contributed by atoms with Gasteiger partial charge in [-0.1, -0.05) is 30.3 Å². The van der Waals surface area contributed by atoms with Crippen LogP contribution in [0.5, 0.6) is 0 Å². The lowest BCUT2D eigenvalue weighted by Crippen LogP contribution is -2.23. The zero-order chi connectivity index (χ0) is 14.8. The first-order valence-electron chi connectivity index (χ1n) is 7.73. The summed E-state index contributed by atoms with van der Waals surface area (Å²) in [6, 6.07) is 13.6. The van der Waals surface area contributed by atoms with Crippen molar-refractivity contribution in [2.24, 2.45) is 11.7 Å². The minimum absolute atomic E-state index is 0.0476. The smallest absolute Gasteiger partial charge is 0.123 e. The molecule has 1 nitrogen and oxygen atoms in total. The summed E-state index contributed by atoms with van der Waals surface area (Å²) in [5.74, 6) is 0.229. The molecule has 3 rings (SSSR count). The maximum absolute atomic E-state index is 13.5. The summed E-state index contributed by atoms with van der Waals surface area (Å²) >= 11 is 0. The van der Waals surface area contributed by atoms with E-state index in [4.69, 9.17) is 5.73 Å². The second-order valence-corrected chi connectivity index (χ2v) is 6.15. The summed E-state index contributed by atoms with van der Waals surface area (Å²) in [5, 5.41) is 0. The maximum atomic E-state index is 13.5. The Balaban J connectivity index is 1.87. The molecule has 2 aromatic carbocycles. The monoisotopic (exact) mass is 283 g/mol. The van der Waals surface area contributed by atoms with E-state index in [1.54, 1.807) is 6.07 Å². The molecule has 2 aromatic rings. The Morgan fingerprint density at radius 2 is 2.00 bits per heavy atom. The SMILES string of the molecule is Cc1ccc(F)cc1CC1CCCc2ccccc2C1N. The minimum atomic E-state index is -0.154. The minimum Gasteiger partial charge on any atom is -0.324 e. The van der Waals surface area contributed by atoms with Gasteiger partial charge in [-0.25, -0.2) is 4.39 Å². The zero-order valence-electron chi connectivity index (χ0n) is 12.5. The van der Waals surface area contributed by atoms with Crippen molar-refractivity contribution < 1.29 is 4.39 Å². The molecule has 0 radical (unpaired) electrons. The van der Waals surface area contributed by atoms with Crippen molar-refractivity contribution in [3.8, 4) is 0 Å². The van der Waals surface area contributed by atoms with Crippen molar-refractivity contribution in [2.75, 3.05) is 0 Å². The van der Waals surface area contributed by atoms with Crippen LogP contribution >= 0.6 is 0 Å². The highest BCUT2D eigenvalue weighted by Crippen LogP contribution is 2.34. The Hall–Kier alpha value is -1.67. The van der Waals surface area contributed by atoms with Gasteiger partial charge in [-0.2, -0.15) is 0 Å². The zero-order valence-corrected chi connectivity index (χ0v) is 12.5. The highest BCUT2D eigenvalue weighted by molar-refractivity contribution is 5.33. The van der Waals surface area contributed by atoms with E-state index in [9.17, 15) is 4.39 Å². The van der Waals surface area contributed by atoms with Crippen LogP contribution < -0.4 is 5.73 Å². The van der Waals surface area contributed by atoms with Crippen LogP contribution in [0.3, 0.4) is 0 Å². The maximum Gasteiger partial charge on any atom is 0.123 e. The van der Waals surface area contributed by atoms with Crippen LogP contribution in [0.15, 0.2) is 42.5 Å². The molecule has 1 aliphatic rings. The topological polar surface area (TPSA) is 26.0 Å². The number of rotatable bonds is 2. The molecule has 0 fully saturated rings. The molecule has 0 bridgehead atoms. The predicted molar refractivity (Wildman–Crippen MR) is 84.6 cm³/mol. The fourth-order valence-electron chi connectivity index (χ4n) is 3.45. The standard InChI is InChI=1S/C19H22FN/c1-13-9-10-17(20)12-16(13)11-15-7-4-6-14-5-2-3-8-18(14)19(15)21/h2-3,5,8-10,12,15,19H,4,6-7,11,21H2,1H3. The third-order valence-corrected chi connectivity index (χ3v) is 4.74. The first-order valence-corrected chi connectivity index (χ1v) is 7.73. The Bertz CT molecular complexity index is 635. The molecule has 0 saturated carbocycles.